The van der Waals surface area contributed by atoms with Gasteiger partial charge in [-0.1, -0.05) is 5.92 Å². The van der Waals surface area contributed by atoms with Gasteiger partial charge in [0.15, 0.2) is 10.9 Å². The van der Waals surface area contributed by atoms with Gasteiger partial charge in [-0.05, 0) is 31.9 Å². The van der Waals surface area contributed by atoms with Gasteiger partial charge in [0.05, 0.1) is 19.5 Å². The minimum atomic E-state index is -0.0915. The quantitative estimate of drug-likeness (QED) is 0.830. The highest BCUT2D eigenvalue weighted by Crippen LogP contribution is 2.23. The molecule has 0 spiro atoms. The van der Waals surface area contributed by atoms with Gasteiger partial charge in [-0.3, -0.25) is 9.69 Å². The molecule has 0 aromatic carbocycles. The molecule has 2 aromatic rings. The molecular formula is C18H21N5O2S. The van der Waals surface area contributed by atoms with Crippen LogP contribution in [0.2, 0.25) is 0 Å². The first-order chi connectivity index (χ1) is 12.6. The maximum Gasteiger partial charge on any atom is 0.223 e. The Balaban J connectivity index is 1.47. The zero-order valence-electron chi connectivity index (χ0n) is 14.9. The number of nitrogens with zero attached hydrogens (tertiary/aromatic N) is 4. The number of ether oxygens (including phenoxy) is 1. The molecule has 0 radical (unpaired) electrons. The number of likely N-dealkylation sites (tertiary alicyclic amines) is 1. The zero-order valence-corrected chi connectivity index (χ0v) is 15.7. The average Bonchev–Trinajstić information content (AvgIpc) is 3.07. The normalized spacial score (nSPS) is 15.2. The van der Waals surface area contributed by atoms with Crippen LogP contribution in [0.1, 0.15) is 30.5 Å². The lowest BCUT2D eigenvalue weighted by Crippen LogP contribution is -2.32. The number of aromatic nitrogens is 3. The Morgan fingerprint density at radius 1 is 1.31 bits per heavy atom. The van der Waals surface area contributed by atoms with Gasteiger partial charge in [-0.2, -0.15) is 0 Å². The van der Waals surface area contributed by atoms with E-state index in [9.17, 15) is 4.79 Å². The molecule has 1 aliphatic rings. The molecule has 0 aliphatic carbocycles. The molecule has 7 nitrogen and oxygen atoms in total. The number of hydrogen-bond donors (Lipinski definition) is 1. The highest BCUT2D eigenvalue weighted by atomic mass is 32.1. The summed E-state index contributed by atoms with van der Waals surface area (Å²) in [7, 11) is 1.59. The van der Waals surface area contributed by atoms with Crippen LogP contribution in [0, 0.1) is 17.8 Å². The van der Waals surface area contributed by atoms with E-state index in [2.05, 4.69) is 37.0 Å². The fraction of sp³-hybridized carbons (Fsp3) is 0.444. The molecule has 0 unspecified atom stereocenters. The Hall–Kier alpha value is -2.50. The molecular weight excluding hydrogens is 350 g/mol. The molecule has 1 saturated heterocycles. The summed E-state index contributed by atoms with van der Waals surface area (Å²) in [5, 5.41) is 3.38. The van der Waals surface area contributed by atoms with Crippen LogP contribution >= 0.6 is 11.3 Å². The van der Waals surface area contributed by atoms with Gasteiger partial charge in [-0.15, -0.1) is 11.3 Å². The van der Waals surface area contributed by atoms with Crippen LogP contribution < -0.4 is 10.1 Å². The molecule has 8 heteroatoms. The lowest BCUT2D eigenvalue weighted by atomic mass is 9.97. The summed E-state index contributed by atoms with van der Waals surface area (Å²) in [6.45, 7) is 4.34. The van der Waals surface area contributed by atoms with Crippen molar-refractivity contribution in [2.24, 2.45) is 5.92 Å². The third-order valence-electron chi connectivity index (χ3n) is 4.06. The third kappa shape index (κ3) is 5.25. The first kappa shape index (κ1) is 18.3. The average molecular weight is 371 g/mol. The molecule has 0 saturated carbocycles. The Labute approximate surface area is 156 Å². The fourth-order valence-electron chi connectivity index (χ4n) is 2.70. The van der Waals surface area contributed by atoms with E-state index in [-0.39, 0.29) is 5.91 Å². The lowest BCUT2D eigenvalue weighted by molar-refractivity contribution is -0.114. The number of thiazole rings is 1. The number of nitrogens with one attached hydrogen (secondary N) is 1. The first-order valence-corrected chi connectivity index (χ1v) is 9.26. The minimum Gasteiger partial charge on any atom is -0.494 e. The van der Waals surface area contributed by atoms with Crippen LogP contribution in [0.4, 0.5) is 5.13 Å². The number of carbonyl (C=O) groups excluding carboxylic acids is 1. The van der Waals surface area contributed by atoms with Crippen molar-refractivity contribution in [1.82, 2.24) is 19.9 Å². The molecule has 1 amide bonds. The van der Waals surface area contributed by atoms with Gasteiger partial charge < -0.3 is 10.1 Å². The van der Waals surface area contributed by atoms with Crippen molar-refractivity contribution in [3.63, 3.8) is 0 Å². The van der Waals surface area contributed by atoms with Crippen molar-refractivity contribution in [3.05, 3.63) is 29.3 Å². The van der Waals surface area contributed by atoms with Crippen LogP contribution in [0.15, 0.2) is 18.6 Å². The molecule has 26 heavy (non-hydrogen) atoms. The van der Waals surface area contributed by atoms with Crippen molar-refractivity contribution in [2.75, 3.05) is 25.5 Å². The molecule has 0 bridgehead atoms. The highest BCUT2D eigenvalue weighted by Gasteiger charge is 2.18. The van der Waals surface area contributed by atoms with Gasteiger partial charge in [0.2, 0.25) is 11.7 Å². The summed E-state index contributed by atoms with van der Waals surface area (Å²) >= 11 is 1.53. The summed E-state index contributed by atoms with van der Waals surface area (Å²) < 4.78 is 5.04. The first-order valence-electron chi connectivity index (χ1n) is 8.44. The van der Waals surface area contributed by atoms with Crippen molar-refractivity contribution >= 4 is 22.4 Å². The van der Waals surface area contributed by atoms with E-state index in [0.29, 0.717) is 22.6 Å². The number of anilines is 1. The number of hydrogen-bond acceptors (Lipinski definition) is 7. The summed E-state index contributed by atoms with van der Waals surface area (Å²) in [5.41, 5.74) is 0. The maximum atomic E-state index is 11.1. The standard InChI is InChI=1S/C18H21N5O2S/c1-13(24)22-18-21-11-16(26-18)12-23-7-5-14(6-8-23)3-4-17-19-9-15(25-2)10-20-17/h9-11,14H,5-8,12H2,1-2H3,(H,21,22,24). The molecule has 3 rings (SSSR count). The van der Waals surface area contributed by atoms with Crippen LogP contribution in [-0.2, 0) is 11.3 Å². The summed E-state index contributed by atoms with van der Waals surface area (Å²) in [5.74, 6) is 7.78. The zero-order chi connectivity index (χ0) is 18.4. The van der Waals surface area contributed by atoms with Gasteiger partial charge in [0, 0.05) is 30.5 Å². The Morgan fingerprint density at radius 3 is 2.69 bits per heavy atom. The van der Waals surface area contributed by atoms with Crippen molar-refractivity contribution in [2.45, 2.75) is 26.3 Å². The van der Waals surface area contributed by atoms with E-state index >= 15 is 0 Å². The number of carbonyl (C=O) groups is 1. The monoisotopic (exact) mass is 371 g/mol. The second-order valence-electron chi connectivity index (χ2n) is 6.08. The van der Waals surface area contributed by atoms with Crippen LogP contribution in [0.3, 0.4) is 0 Å². The molecule has 3 heterocycles. The molecule has 1 fully saturated rings. The van der Waals surface area contributed by atoms with E-state index in [1.165, 1.54) is 18.3 Å². The third-order valence-corrected chi connectivity index (χ3v) is 4.95. The number of methoxy groups -OCH3 is 1. The molecule has 1 N–H and O–H groups in total. The van der Waals surface area contributed by atoms with Gasteiger partial charge in [0.1, 0.15) is 0 Å². The Kier molecular flexibility index (Phi) is 6.15. The van der Waals surface area contributed by atoms with Crippen molar-refractivity contribution < 1.29 is 9.53 Å². The van der Waals surface area contributed by atoms with E-state index < -0.39 is 0 Å². The second kappa shape index (κ2) is 8.74. The van der Waals surface area contributed by atoms with Crippen LogP contribution in [0.5, 0.6) is 5.75 Å². The van der Waals surface area contributed by atoms with E-state index in [1.807, 2.05) is 6.20 Å². The molecule has 1 aliphatic heterocycles. The topological polar surface area (TPSA) is 80.2 Å². The predicted octanol–water partition coefficient (Wildman–Crippen LogP) is 2.16. The van der Waals surface area contributed by atoms with E-state index in [4.69, 9.17) is 4.74 Å². The smallest absolute Gasteiger partial charge is 0.223 e. The van der Waals surface area contributed by atoms with Gasteiger partial charge >= 0.3 is 0 Å². The highest BCUT2D eigenvalue weighted by molar-refractivity contribution is 7.15. The molecule has 136 valence electrons. The van der Waals surface area contributed by atoms with Crippen molar-refractivity contribution in [3.8, 4) is 17.6 Å². The summed E-state index contributed by atoms with van der Waals surface area (Å²) in [4.78, 5) is 27.2. The van der Waals surface area contributed by atoms with Crippen LogP contribution in [-0.4, -0.2) is 46.0 Å². The summed E-state index contributed by atoms with van der Waals surface area (Å²) in [6.07, 6.45) is 7.15. The summed E-state index contributed by atoms with van der Waals surface area (Å²) in [6, 6.07) is 0. The maximum absolute atomic E-state index is 11.1. The predicted molar refractivity (Wildman–Crippen MR) is 99.9 cm³/mol. The van der Waals surface area contributed by atoms with Gasteiger partial charge in [-0.25, -0.2) is 15.0 Å². The second-order valence-corrected chi connectivity index (χ2v) is 7.19. The lowest BCUT2D eigenvalue weighted by Gasteiger charge is -2.29. The molecule has 0 atom stereocenters. The Bertz CT molecular complexity index is 801. The number of piperidine rings is 1. The largest absolute Gasteiger partial charge is 0.494 e. The van der Waals surface area contributed by atoms with Crippen LogP contribution in [0.25, 0.3) is 0 Å². The van der Waals surface area contributed by atoms with Crippen molar-refractivity contribution in [1.29, 1.82) is 0 Å². The Morgan fingerprint density at radius 2 is 2.04 bits per heavy atom. The molecule has 2 aromatic heterocycles. The number of amides is 1. The SMILES string of the molecule is COc1cnc(C#CC2CCN(Cc3cnc(NC(C)=O)s3)CC2)nc1. The number of rotatable bonds is 4. The van der Waals surface area contributed by atoms with E-state index in [1.54, 1.807) is 19.5 Å². The van der Waals surface area contributed by atoms with E-state index in [0.717, 1.165) is 37.4 Å². The fourth-order valence-corrected chi connectivity index (χ4v) is 3.60. The van der Waals surface area contributed by atoms with Gasteiger partial charge in [0.25, 0.3) is 0 Å². The minimum absolute atomic E-state index is 0.0915.